The molecule has 9 heteroatoms. The third kappa shape index (κ3) is 19.1. The Morgan fingerprint density at radius 3 is 2.12 bits per heavy atom. The summed E-state index contributed by atoms with van der Waals surface area (Å²) in [7, 11) is -6.74. The van der Waals surface area contributed by atoms with Crippen molar-refractivity contribution >= 4 is 37.5 Å². The quantitative estimate of drug-likeness (QED) is 0.246. The summed E-state index contributed by atoms with van der Waals surface area (Å²) >= 11 is 0. The molecule has 6 nitrogen and oxygen atoms in total. The van der Waals surface area contributed by atoms with E-state index in [1.165, 1.54) is 6.55 Å². The Kier molecular flexibility index (Phi) is 11.2. The van der Waals surface area contributed by atoms with Crippen molar-refractivity contribution in [3.63, 3.8) is 0 Å². The van der Waals surface area contributed by atoms with Crippen LogP contribution in [0.25, 0.3) is 0 Å². The molecule has 0 radical (unpaired) electrons. The van der Waals surface area contributed by atoms with Gasteiger partial charge in [0.15, 0.2) is 0 Å². The first-order valence-electron chi connectivity index (χ1n) is 5.31. The Hall–Kier alpha value is 0.604. The fraction of sp³-hybridized carbons (Fsp3) is 1.00. The third-order valence-electron chi connectivity index (χ3n) is 2.01. The van der Waals surface area contributed by atoms with Crippen LogP contribution >= 0.6 is 0 Å². The summed E-state index contributed by atoms with van der Waals surface area (Å²) in [5, 5.41) is 3.07. The molecule has 0 aromatic carbocycles. The number of unbranched alkanes of at least 4 members (excludes halogenated alkanes) is 1. The fourth-order valence-corrected chi connectivity index (χ4v) is 2.62. The Bertz CT molecular complexity index is 280. The zero-order valence-corrected chi connectivity index (χ0v) is 11.3. The molecule has 0 amide bonds. The Morgan fingerprint density at radius 1 is 1.12 bits per heavy atom. The van der Waals surface area contributed by atoms with Crippen LogP contribution in [0.1, 0.15) is 19.3 Å². The van der Waals surface area contributed by atoms with Crippen LogP contribution < -0.4 is 5.32 Å². The third-order valence-corrected chi connectivity index (χ3v) is 4.12. The molecular formula is C8H22LiNO5SSi. The number of hydrogen-bond acceptors (Lipinski definition) is 5. The molecule has 0 unspecified atom stereocenters. The molecule has 100 valence electrons. The van der Waals surface area contributed by atoms with Gasteiger partial charge in [0.2, 0.25) is 0 Å². The van der Waals surface area contributed by atoms with Crippen LogP contribution in [0.4, 0.5) is 0 Å². The number of rotatable bonds is 9. The molecule has 0 aliphatic heterocycles. The van der Waals surface area contributed by atoms with Crippen molar-refractivity contribution in [2.45, 2.75) is 31.9 Å². The summed E-state index contributed by atoms with van der Waals surface area (Å²) in [5.41, 5.74) is 0. The second-order valence-corrected chi connectivity index (χ2v) is 8.57. The van der Waals surface area contributed by atoms with Crippen LogP contribution in [0.15, 0.2) is 0 Å². The van der Waals surface area contributed by atoms with E-state index in [4.69, 9.17) is 14.1 Å². The minimum atomic E-state index is -3.83. The zero-order chi connectivity index (χ0) is 12.7. The van der Waals surface area contributed by atoms with E-state index in [0.717, 1.165) is 0 Å². The van der Waals surface area contributed by atoms with Gasteiger partial charge in [0, 0.05) is 0 Å². The predicted octanol–water partition coefficient (Wildman–Crippen LogP) is -0.958. The van der Waals surface area contributed by atoms with Crippen LogP contribution in [-0.2, 0) is 10.1 Å². The Labute approximate surface area is 116 Å². The summed E-state index contributed by atoms with van der Waals surface area (Å²) in [6.45, 7) is 2.83. The molecule has 0 bridgehead atoms. The van der Waals surface area contributed by atoms with Crippen molar-refractivity contribution in [1.29, 1.82) is 0 Å². The molecule has 0 aliphatic carbocycles. The van der Waals surface area contributed by atoms with Gasteiger partial charge in [-0.2, -0.15) is 8.42 Å². The van der Waals surface area contributed by atoms with Crippen molar-refractivity contribution < 1.29 is 22.6 Å². The van der Waals surface area contributed by atoms with E-state index in [1.807, 2.05) is 0 Å². The molecule has 0 fully saturated rings. The number of hydrogen-bond donors (Lipinski definition) is 4. The molecule has 0 aromatic heterocycles. The number of nitrogens with one attached hydrogen (secondary N) is 1. The summed E-state index contributed by atoms with van der Waals surface area (Å²) in [6.07, 6.45) is 1.80. The Balaban J connectivity index is 0. The van der Waals surface area contributed by atoms with Crippen LogP contribution in [-0.4, -0.2) is 68.8 Å². The van der Waals surface area contributed by atoms with Gasteiger partial charge in [-0.15, -0.1) is 0 Å². The Morgan fingerprint density at radius 2 is 1.65 bits per heavy atom. The molecule has 0 aliphatic rings. The molecule has 0 saturated carbocycles. The van der Waals surface area contributed by atoms with Crippen LogP contribution in [0.5, 0.6) is 0 Å². The normalized spacial score (nSPS) is 12.2. The SMILES string of the molecule is C[Si](O)(O)CCCNCCCCS(=O)(=O)O.[LiH]. The first kappa shape index (κ1) is 19.9. The molecule has 4 N–H and O–H groups in total. The van der Waals surface area contributed by atoms with E-state index in [-0.39, 0.29) is 24.6 Å². The molecule has 0 heterocycles. The topological polar surface area (TPSA) is 107 Å². The van der Waals surface area contributed by atoms with E-state index in [0.29, 0.717) is 38.4 Å². The van der Waals surface area contributed by atoms with Crippen molar-refractivity contribution in [3.05, 3.63) is 0 Å². The standard InChI is InChI=1S/C8H21NO5SSi.Li.H/c1-16(13,14)8-4-6-9-5-2-3-7-15(10,11)12;;/h9,13-14H,2-8H2,1H3,(H,10,11,12);;. The predicted molar refractivity (Wildman–Crippen MR) is 71.1 cm³/mol. The van der Waals surface area contributed by atoms with E-state index in [2.05, 4.69) is 5.32 Å². The second kappa shape index (κ2) is 9.52. The van der Waals surface area contributed by atoms with Gasteiger partial charge >= 0.3 is 27.4 Å². The molecule has 0 rings (SSSR count). The summed E-state index contributed by atoms with van der Waals surface area (Å²) in [5.74, 6) is -0.201. The summed E-state index contributed by atoms with van der Waals surface area (Å²) in [4.78, 5) is 18.2. The summed E-state index contributed by atoms with van der Waals surface area (Å²) < 4.78 is 29.2. The molecule has 0 saturated heterocycles. The second-order valence-electron chi connectivity index (χ2n) is 4.06. The van der Waals surface area contributed by atoms with Crippen molar-refractivity contribution in [2.75, 3.05) is 18.8 Å². The van der Waals surface area contributed by atoms with Gasteiger partial charge in [-0.25, -0.2) is 0 Å². The first-order chi connectivity index (χ1) is 7.21. The molecule has 0 aromatic rings. The average Bonchev–Trinajstić information content (AvgIpc) is 2.06. The molecule has 17 heavy (non-hydrogen) atoms. The van der Waals surface area contributed by atoms with Gasteiger partial charge in [-0.05, 0) is 44.9 Å². The van der Waals surface area contributed by atoms with E-state index < -0.39 is 18.7 Å². The maximum atomic E-state index is 10.4. The summed E-state index contributed by atoms with van der Waals surface area (Å²) in [6, 6.07) is 0.436. The van der Waals surface area contributed by atoms with Gasteiger partial charge < -0.3 is 14.9 Å². The van der Waals surface area contributed by atoms with Crippen LogP contribution in [0, 0.1) is 0 Å². The van der Waals surface area contributed by atoms with Gasteiger partial charge in [0.05, 0.1) is 5.75 Å². The maximum absolute atomic E-state index is 10.4. The molecule has 0 atom stereocenters. The zero-order valence-electron chi connectivity index (χ0n) is 9.52. The fourth-order valence-electron chi connectivity index (χ4n) is 1.21. The van der Waals surface area contributed by atoms with E-state index in [9.17, 15) is 8.42 Å². The van der Waals surface area contributed by atoms with Crippen LogP contribution in [0.3, 0.4) is 0 Å². The van der Waals surface area contributed by atoms with Gasteiger partial charge in [0.25, 0.3) is 10.1 Å². The van der Waals surface area contributed by atoms with Crippen molar-refractivity contribution in [1.82, 2.24) is 5.32 Å². The minimum absolute atomic E-state index is 0. The van der Waals surface area contributed by atoms with E-state index in [1.54, 1.807) is 0 Å². The average molecular weight is 279 g/mol. The van der Waals surface area contributed by atoms with Crippen LogP contribution in [0.2, 0.25) is 12.6 Å². The molecule has 0 spiro atoms. The molecular weight excluding hydrogens is 257 g/mol. The first-order valence-corrected chi connectivity index (χ1v) is 9.52. The van der Waals surface area contributed by atoms with Gasteiger partial charge in [-0.1, -0.05) is 0 Å². The monoisotopic (exact) mass is 279 g/mol. The van der Waals surface area contributed by atoms with E-state index >= 15 is 0 Å². The van der Waals surface area contributed by atoms with Crippen molar-refractivity contribution in [3.8, 4) is 0 Å². The van der Waals surface area contributed by atoms with Gasteiger partial charge in [-0.3, -0.25) is 4.55 Å². The van der Waals surface area contributed by atoms with Gasteiger partial charge in [0.1, 0.15) is 0 Å². The van der Waals surface area contributed by atoms with Crippen molar-refractivity contribution in [2.24, 2.45) is 0 Å².